The number of hydrogen-bond acceptors (Lipinski definition) is 4. The monoisotopic (exact) mass is 605 g/mol. The summed E-state index contributed by atoms with van der Waals surface area (Å²) in [7, 11) is -2.54. The molecule has 3 aromatic rings. The Morgan fingerprint density at radius 1 is 0.971 bits per heavy atom. The number of amides is 2. The van der Waals surface area contributed by atoms with Crippen LogP contribution in [-0.2, 0) is 26.2 Å². The third kappa shape index (κ3) is 6.61. The predicted molar refractivity (Wildman–Crippen MR) is 145 cm³/mol. The van der Waals surface area contributed by atoms with Crippen LogP contribution in [0.25, 0.3) is 0 Å². The zero-order chi connectivity index (χ0) is 25.6. The number of nitrogens with one attached hydrogen (secondary N) is 1. The second kappa shape index (κ2) is 11.7. The normalized spacial score (nSPS) is 12.0. The molecule has 184 valence electrons. The highest BCUT2D eigenvalue weighted by molar-refractivity contribution is 14.1. The first kappa shape index (κ1) is 26.7. The zero-order valence-corrected chi connectivity index (χ0v) is 22.8. The maximum Gasteiger partial charge on any atom is 0.264 e. The summed E-state index contributed by atoms with van der Waals surface area (Å²) in [6.45, 7) is 3.29. The molecule has 0 saturated heterocycles. The lowest BCUT2D eigenvalue weighted by Gasteiger charge is -2.31. The number of aryl methyl sites for hydroxylation is 1. The van der Waals surface area contributed by atoms with Crippen molar-refractivity contribution in [1.82, 2.24) is 10.2 Å². The van der Waals surface area contributed by atoms with Gasteiger partial charge in [0.25, 0.3) is 10.0 Å². The van der Waals surface area contributed by atoms with Gasteiger partial charge in [0, 0.05) is 17.2 Å². The topological polar surface area (TPSA) is 86.8 Å². The van der Waals surface area contributed by atoms with Gasteiger partial charge in [-0.25, -0.2) is 8.42 Å². The van der Waals surface area contributed by atoms with Gasteiger partial charge in [-0.2, -0.15) is 0 Å². The molecule has 0 saturated carbocycles. The molecular formula is C26H28IN3O4S. The van der Waals surface area contributed by atoms with Gasteiger partial charge < -0.3 is 10.2 Å². The molecule has 0 radical (unpaired) electrons. The van der Waals surface area contributed by atoms with Crippen molar-refractivity contribution >= 4 is 50.1 Å². The van der Waals surface area contributed by atoms with E-state index in [2.05, 4.69) is 27.9 Å². The molecule has 1 N–H and O–H groups in total. The van der Waals surface area contributed by atoms with Gasteiger partial charge in [-0.3, -0.25) is 13.9 Å². The predicted octanol–water partition coefficient (Wildman–Crippen LogP) is 3.96. The highest BCUT2D eigenvalue weighted by Gasteiger charge is 2.32. The Morgan fingerprint density at radius 2 is 1.63 bits per heavy atom. The van der Waals surface area contributed by atoms with Crippen LogP contribution in [0, 0.1) is 10.5 Å². The lowest BCUT2D eigenvalue weighted by atomic mass is 10.1. The molecule has 0 aromatic heterocycles. The first-order valence-corrected chi connectivity index (χ1v) is 13.6. The van der Waals surface area contributed by atoms with Crippen LogP contribution < -0.4 is 9.62 Å². The number of nitrogens with zero attached hydrogens (tertiary/aromatic N) is 2. The average Bonchev–Trinajstić information content (AvgIpc) is 2.86. The molecule has 0 aliphatic carbocycles. The van der Waals surface area contributed by atoms with Crippen molar-refractivity contribution < 1.29 is 18.0 Å². The summed E-state index contributed by atoms with van der Waals surface area (Å²) in [5.74, 6) is -0.821. The van der Waals surface area contributed by atoms with Crippen LogP contribution in [0.3, 0.4) is 0 Å². The lowest BCUT2D eigenvalue weighted by Crippen LogP contribution is -2.50. The average molecular weight is 605 g/mol. The fraction of sp³-hybridized carbons (Fsp3) is 0.231. The molecular weight excluding hydrogens is 577 g/mol. The fourth-order valence-corrected chi connectivity index (χ4v) is 5.45. The smallest absolute Gasteiger partial charge is 0.264 e. The van der Waals surface area contributed by atoms with E-state index < -0.39 is 28.5 Å². The molecule has 3 rings (SSSR count). The van der Waals surface area contributed by atoms with Crippen molar-refractivity contribution in [3.05, 3.63) is 93.6 Å². The summed E-state index contributed by atoms with van der Waals surface area (Å²) in [5, 5.41) is 2.58. The van der Waals surface area contributed by atoms with Gasteiger partial charge in [0.1, 0.15) is 12.6 Å². The van der Waals surface area contributed by atoms with Crippen molar-refractivity contribution in [1.29, 1.82) is 0 Å². The summed E-state index contributed by atoms with van der Waals surface area (Å²) < 4.78 is 29.3. The molecule has 0 spiro atoms. The summed E-state index contributed by atoms with van der Waals surface area (Å²) in [5.41, 5.74) is 2.24. The maximum atomic E-state index is 13.7. The second-order valence-corrected chi connectivity index (χ2v) is 11.2. The highest BCUT2D eigenvalue weighted by atomic mass is 127. The summed E-state index contributed by atoms with van der Waals surface area (Å²) in [6, 6.07) is 21.8. The second-order valence-electron chi connectivity index (χ2n) is 8.10. The summed E-state index contributed by atoms with van der Waals surface area (Å²) in [6.07, 6.45) is 0. The number of halogens is 1. The minimum atomic E-state index is -4.04. The van der Waals surface area contributed by atoms with E-state index in [4.69, 9.17) is 0 Å². The third-order valence-corrected chi connectivity index (χ3v) is 8.08. The summed E-state index contributed by atoms with van der Waals surface area (Å²) in [4.78, 5) is 27.6. The van der Waals surface area contributed by atoms with E-state index in [0.29, 0.717) is 5.69 Å². The Labute approximate surface area is 220 Å². The van der Waals surface area contributed by atoms with Crippen molar-refractivity contribution in [3.8, 4) is 0 Å². The highest BCUT2D eigenvalue weighted by Crippen LogP contribution is 2.25. The Bertz CT molecular complexity index is 1280. The van der Waals surface area contributed by atoms with E-state index in [1.807, 2.05) is 31.2 Å². The van der Waals surface area contributed by atoms with Crippen LogP contribution in [0.4, 0.5) is 5.69 Å². The molecule has 9 heteroatoms. The van der Waals surface area contributed by atoms with Crippen LogP contribution in [0.2, 0.25) is 0 Å². The third-order valence-electron chi connectivity index (χ3n) is 5.57. The largest absolute Gasteiger partial charge is 0.357 e. The number of anilines is 1. The molecule has 0 fully saturated rings. The van der Waals surface area contributed by atoms with Crippen LogP contribution in [0.15, 0.2) is 83.8 Å². The molecule has 35 heavy (non-hydrogen) atoms. The van der Waals surface area contributed by atoms with E-state index in [0.717, 1.165) is 19.0 Å². The minimum absolute atomic E-state index is 0.0796. The van der Waals surface area contributed by atoms with Gasteiger partial charge >= 0.3 is 0 Å². The van der Waals surface area contributed by atoms with Gasteiger partial charge in [0.15, 0.2) is 0 Å². The van der Waals surface area contributed by atoms with E-state index in [9.17, 15) is 18.0 Å². The fourth-order valence-electron chi connectivity index (χ4n) is 3.65. The van der Waals surface area contributed by atoms with Gasteiger partial charge in [-0.05, 0) is 78.4 Å². The quantitative estimate of drug-likeness (QED) is 0.375. The Hall–Kier alpha value is -2.92. The number of carbonyl (C=O) groups is 2. The molecule has 1 atom stereocenters. The van der Waals surface area contributed by atoms with Gasteiger partial charge in [0.05, 0.1) is 10.6 Å². The van der Waals surface area contributed by atoms with Crippen molar-refractivity contribution in [3.63, 3.8) is 0 Å². The Morgan fingerprint density at radius 3 is 2.23 bits per heavy atom. The van der Waals surface area contributed by atoms with Crippen LogP contribution in [0.1, 0.15) is 18.1 Å². The number of rotatable bonds is 9. The van der Waals surface area contributed by atoms with Crippen LogP contribution in [0.5, 0.6) is 0 Å². The number of sulfonamides is 1. The Balaban J connectivity index is 2.01. The van der Waals surface area contributed by atoms with Crippen LogP contribution in [-0.4, -0.2) is 44.8 Å². The van der Waals surface area contributed by atoms with E-state index in [-0.39, 0.29) is 17.3 Å². The number of likely N-dealkylation sites (N-methyl/N-ethyl adjacent to an activating group) is 1. The van der Waals surface area contributed by atoms with Crippen molar-refractivity contribution in [2.75, 3.05) is 17.9 Å². The molecule has 3 aromatic carbocycles. The molecule has 2 amide bonds. The number of benzene rings is 3. The Kier molecular flexibility index (Phi) is 8.90. The van der Waals surface area contributed by atoms with Crippen LogP contribution >= 0.6 is 22.6 Å². The van der Waals surface area contributed by atoms with Gasteiger partial charge in [-0.1, -0.05) is 48.0 Å². The number of hydrogen-bond donors (Lipinski definition) is 1. The SMILES string of the molecule is CNC(=O)C(C)N(Cc1cccc(C)c1)C(=O)CN(c1ccc(I)cc1)S(=O)(=O)c1ccccc1. The summed E-state index contributed by atoms with van der Waals surface area (Å²) >= 11 is 2.14. The van der Waals surface area contributed by atoms with E-state index >= 15 is 0 Å². The van der Waals surface area contributed by atoms with Crippen molar-refractivity contribution in [2.24, 2.45) is 0 Å². The first-order chi connectivity index (χ1) is 16.6. The van der Waals surface area contributed by atoms with Gasteiger partial charge in [-0.15, -0.1) is 0 Å². The molecule has 0 bridgehead atoms. The number of carbonyl (C=O) groups excluding carboxylic acids is 2. The molecule has 0 heterocycles. The van der Waals surface area contributed by atoms with Gasteiger partial charge in [0.2, 0.25) is 11.8 Å². The lowest BCUT2D eigenvalue weighted by molar-refractivity contribution is -0.139. The first-order valence-electron chi connectivity index (χ1n) is 11.0. The van der Waals surface area contributed by atoms with E-state index in [1.54, 1.807) is 49.4 Å². The van der Waals surface area contributed by atoms with Crippen molar-refractivity contribution in [2.45, 2.75) is 31.3 Å². The minimum Gasteiger partial charge on any atom is -0.357 e. The molecule has 0 aliphatic rings. The zero-order valence-electron chi connectivity index (χ0n) is 19.8. The maximum absolute atomic E-state index is 13.7. The molecule has 7 nitrogen and oxygen atoms in total. The molecule has 1 unspecified atom stereocenters. The van der Waals surface area contributed by atoms with E-state index in [1.165, 1.54) is 24.1 Å². The standard InChI is InChI=1S/C26H28IN3O4S/c1-19-8-7-9-21(16-19)17-29(20(2)26(32)28-3)25(31)18-30(23-14-12-22(27)13-15-23)35(33,34)24-10-5-4-6-11-24/h4-16,20H,17-18H2,1-3H3,(H,28,32). The molecule has 0 aliphatic heterocycles.